The maximum atomic E-state index is 4.63. The van der Waals surface area contributed by atoms with Gasteiger partial charge in [-0.3, -0.25) is 5.10 Å². The van der Waals surface area contributed by atoms with Crippen LogP contribution in [0.1, 0.15) is 39.5 Å². The van der Waals surface area contributed by atoms with E-state index in [0.717, 1.165) is 36.4 Å². The van der Waals surface area contributed by atoms with Crippen LogP contribution in [0.3, 0.4) is 0 Å². The number of fused-ring (bicyclic) bond motifs is 1. The number of hydrogen-bond donors (Lipinski definition) is 2. The van der Waals surface area contributed by atoms with Crippen LogP contribution in [0.15, 0.2) is 6.20 Å². The van der Waals surface area contributed by atoms with Crippen molar-refractivity contribution in [3.05, 3.63) is 6.20 Å². The summed E-state index contributed by atoms with van der Waals surface area (Å²) in [5, 5.41) is 11.2. The van der Waals surface area contributed by atoms with Gasteiger partial charge in [0.05, 0.1) is 11.6 Å². The lowest BCUT2D eigenvalue weighted by Crippen LogP contribution is -2.21. The van der Waals surface area contributed by atoms with Crippen molar-refractivity contribution < 1.29 is 0 Å². The molecule has 6 heteroatoms. The summed E-state index contributed by atoms with van der Waals surface area (Å²) in [6.07, 6.45) is 6.48. The Hall–Kier alpha value is -1.85. The molecular formula is C14H24N6. The molecule has 0 aliphatic heterocycles. The molecule has 2 heterocycles. The molecule has 0 saturated carbocycles. The van der Waals surface area contributed by atoms with Crippen LogP contribution in [0, 0.1) is 0 Å². The molecule has 2 N–H and O–H groups in total. The standard InChI is InChI=1S/C14H24N6/c1-4-6-7-9-20(3)13-11-10-16-19-12(11)17-14(18-13)15-8-5-2/h10H,4-9H2,1-3H3,(H2,15,16,17,18,19). The lowest BCUT2D eigenvalue weighted by atomic mass is 10.2. The first kappa shape index (κ1) is 14.6. The average molecular weight is 276 g/mol. The number of nitrogens with one attached hydrogen (secondary N) is 2. The molecule has 0 atom stereocenters. The zero-order valence-electron chi connectivity index (χ0n) is 12.6. The fraction of sp³-hybridized carbons (Fsp3) is 0.643. The fourth-order valence-corrected chi connectivity index (χ4v) is 2.13. The number of aromatic amines is 1. The van der Waals surface area contributed by atoms with E-state index in [9.17, 15) is 0 Å². The summed E-state index contributed by atoms with van der Waals surface area (Å²) in [7, 11) is 2.08. The van der Waals surface area contributed by atoms with Crippen LogP contribution in [0.25, 0.3) is 11.0 Å². The predicted molar refractivity (Wildman–Crippen MR) is 83.3 cm³/mol. The number of rotatable bonds is 8. The Kier molecular flexibility index (Phi) is 5.15. The van der Waals surface area contributed by atoms with Crippen molar-refractivity contribution in [1.82, 2.24) is 20.2 Å². The number of nitrogens with zero attached hydrogens (tertiary/aromatic N) is 4. The summed E-state index contributed by atoms with van der Waals surface area (Å²) in [6, 6.07) is 0. The van der Waals surface area contributed by atoms with E-state index in [1.54, 1.807) is 6.20 Å². The van der Waals surface area contributed by atoms with Crippen LogP contribution in [-0.2, 0) is 0 Å². The van der Waals surface area contributed by atoms with Gasteiger partial charge in [-0.2, -0.15) is 15.1 Å². The monoisotopic (exact) mass is 276 g/mol. The van der Waals surface area contributed by atoms with Crippen LogP contribution in [0.5, 0.6) is 0 Å². The minimum Gasteiger partial charge on any atom is -0.359 e. The van der Waals surface area contributed by atoms with Gasteiger partial charge in [-0.1, -0.05) is 26.7 Å². The van der Waals surface area contributed by atoms with Crippen molar-refractivity contribution in [2.24, 2.45) is 0 Å². The van der Waals surface area contributed by atoms with Gasteiger partial charge in [-0.15, -0.1) is 0 Å². The van der Waals surface area contributed by atoms with Crippen LogP contribution < -0.4 is 10.2 Å². The summed E-state index contributed by atoms with van der Waals surface area (Å²) < 4.78 is 0. The summed E-state index contributed by atoms with van der Waals surface area (Å²) >= 11 is 0. The van der Waals surface area contributed by atoms with E-state index >= 15 is 0 Å². The molecule has 6 nitrogen and oxygen atoms in total. The molecule has 0 amide bonds. The molecular weight excluding hydrogens is 252 g/mol. The molecule has 0 radical (unpaired) electrons. The Morgan fingerprint density at radius 3 is 2.80 bits per heavy atom. The molecule has 0 aromatic carbocycles. The van der Waals surface area contributed by atoms with Crippen LogP contribution in [0.2, 0.25) is 0 Å². The van der Waals surface area contributed by atoms with Crippen molar-refractivity contribution in [2.75, 3.05) is 30.4 Å². The van der Waals surface area contributed by atoms with Gasteiger partial charge < -0.3 is 10.2 Å². The Bertz CT molecular complexity index is 535. The maximum Gasteiger partial charge on any atom is 0.226 e. The molecule has 2 rings (SSSR count). The zero-order valence-corrected chi connectivity index (χ0v) is 12.6. The molecule has 2 aromatic heterocycles. The number of anilines is 2. The maximum absolute atomic E-state index is 4.63. The third-order valence-corrected chi connectivity index (χ3v) is 3.28. The first-order valence-electron chi connectivity index (χ1n) is 7.42. The SMILES string of the molecule is CCCCCN(C)c1nc(NCCC)nc2[nH]ncc12. The van der Waals surface area contributed by atoms with E-state index in [2.05, 4.69) is 51.3 Å². The van der Waals surface area contributed by atoms with E-state index in [1.807, 2.05) is 0 Å². The van der Waals surface area contributed by atoms with E-state index in [0.29, 0.717) is 5.95 Å². The van der Waals surface area contributed by atoms with Crippen molar-refractivity contribution in [3.63, 3.8) is 0 Å². The second-order valence-electron chi connectivity index (χ2n) is 5.06. The van der Waals surface area contributed by atoms with Gasteiger partial charge in [-0.25, -0.2) is 0 Å². The van der Waals surface area contributed by atoms with E-state index < -0.39 is 0 Å². The third-order valence-electron chi connectivity index (χ3n) is 3.28. The molecule has 0 aliphatic rings. The smallest absolute Gasteiger partial charge is 0.226 e. The highest BCUT2D eigenvalue weighted by atomic mass is 15.2. The van der Waals surface area contributed by atoms with Crippen molar-refractivity contribution in [3.8, 4) is 0 Å². The Morgan fingerprint density at radius 2 is 2.05 bits per heavy atom. The molecule has 0 unspecified atom stereocenters. The van der Waals surface area contributed by atoms with Crippen molar-refractivity contribution in [2.45, 2.75) is 39.5 Å². The summed E-state index contributed by atoms with van der Waals surface area (Å²) in [6.45, 7) is 6.21. The highest BCUT2D eigenvalue weighted by Crippen LogP contribution is 2.23. The highest BCUT2D eigenvalue weighted by molar-refractivity contribution is 5.87. The normalized spacial score (nSPS) is 10.9. The number of hydrogen-bond acceptors (Lipinski definition) is 5. The first-order valence-corrected chi connectivity index (χ1v) is 7.42. The van der Waals surface area contributed by atoms with Gasteiger partial charge in [0, 0.05) is 20.1 Å². The van der Waals surface area contributed by atoms with Gasteiger partial charge in [-0.05, 0) is 12.8 Å². The van der Waals surface area contributed by atoms with Gasteiger partial charge in [0.25, 0.3) is 0 Å². The molecule has 0 aliphatic carbocycles. The Balaban J connectivity index is 2.22. The fourth-order valence-electron chi connectivity index (χ4n) is 2.13. The van der Waals surface area contributed by atoms with Gasteiger partial charge in [0.15, 0.2) is 5.65 Å². The molecule has 0 fully saturated rings. The van der Waals surface area contributed by atoms with Gasteiger partial charge in [0.1, 0.15) is 5.82 Å². The largest absolute Gasteiger partial charge is 0.359 e. The van der Waals surface area contributed by atoms with Gasteiger partial charge >= 0.3 is 0 Å². The minimum absolute atomic E-state index is 0.668. The Labute approximate surface area is 120 Å². The summed E-state index contributed by atoms with van der Waals surface area (Å²) in [5.74, 6) is 1.61. The number of H-pyrrole nitrogens is 1. The molecule has 0 spiro atoms. The number of unbranched alkanes of at least 4 members (excludes halogenated alkanes) is 2. The van der Waals surface area contributed by atoms with E-state index in [1.165, 1.54) is 19.3 Å². The number of aromatic nitrogens is 4. The summed E-state index contributed by atoms with van der Waals surface area (Å²) in [5.41, 5.74) is 0.788. The van der Waals surface area contributed by atoms with Crippen molar-refractivity contribution in [1.29, 1.82) is 0 Å². The summed E-state index contributed by atoms with van der Waals surface area (Å²) in [4.78, 5) is 11.3. The minimum atomic E-state index is 0.668. The second kappa shape index (κ2) is 7.07. The quantitative estimate of drug-likeness (QED) is 0.726. The lowest BCUT2D eigenvalue weighted by molar-refractivity contribution is 0.702. The molecule has 0 saturated heterocycles. The van der Waals surface area contributed by atoms with Crippen LogP contribution in [0.4, 0.5) is 11.8 Å². The van der Waals surface area contributed by atoms with Crippen molar-refractivity contribution >= 4 is 22.8 Å². The van der Waals surface area contributed by atoms with E-state index in [4.69, 9.17) is 0 Å². The molecule has 0 bridgehead atoms. The first-order chi connectivity index (χ1) is 9.76. The second-order valence-corrected chi connectivity index (χ2v) is 5.06. The zero-order chi connectivity index (χ0) is 14.4. The average Bonchev–Trinajstić information content (AvgIpc) is 2.92. The predicted octanol–water partition coefficient (Wildman–Crippen LogP) is 2.80. The molecule has 110 valence electrons. The highest BCUT2D eigenvalue weighted by Gasteiger charge is 2.12. The molecule has 2 aromatic rings. The van der Waals surface area contributed by atoms with Crippen LogP contribution >= 0.6 is 0 Å². The third kappa shape index (κ3) is 3.37. The Morgan fingerprint density at radius 1 is 1.20 bits per heavy atom. The van der Waals surface area contributed by atoms with Crippen LogP contribution in [-0.4, -0.2) is 40.3 Å². The topological polar surface area (TPSA) is 69.7 Å². The molecule has 20 heavy (non-hydrogen) atoms. The lowest BCUT2D eigenvalue weighted by Gasteiger charge is -2.19. The van der Waals surface area contributed by atoms with Gasteiger partial charge in [0.2, 0.25) is 5.95 Å². The van der Waals surface area contributed by atoms with E-state index in [-0.39, 0.29) is 0 Å².